The lowest BCUT2D eigenvalue weighted by molar-refractivity contribution is 0.371. The number of hydrogen-bond acceptors (Lipinski definition) is 4. The number of aromatic nitrogens is 1. The Balaban J connectivity index is 1.73. The van der Waals surface area contributed by atoms with Crippen molar-refractivity contribution in [2.24, 2.45) is 0 Å². The molecule has 1 saturated carbocycles. The van der Waals surface area contributed by atoms with Crippen LogP contribution in [0.5, 0.6) is 0 Å². The second-order valence-electron chi connectivity index (χ2n) is 6.39. The third-order valence-corrected chi connectivity index (χ3v) is 4.25. The van der Waals surface area contributed by atoms with Gasteiger partial charge in [-0.15, -0.1) is 0 Å². The van der Waals surface area contributed by atoms with Crippen molar-refractivity contribution < 1.29 is 0 Å². The summed E-state index contributed by atoms with van der Waals surface area (Å²) in [6.45, 7) is 3.22. The van der Waals surface area contributed by atoms with Crippen molar-refractivity contribution in [2.75, 3.05) is 32.1 Å². The first kappa shape index (κ1) is 13.8. The second-order valence-corrected chi connectivity index (χ2v) is 6.39. The molecule has 0 aromatic carbocycles. The molecule has 1 aliphatic heterocycles. The highest BCUT2D eigenvalue weighted by Crippen LogP contribution is 2.28. The molecule has 1 aromatic rings. The number of nitrogens with zero attached hydrogens (tertiary/aromatic N) is 3. The number of pyridine rings is 1. The van der Waals surface area contributed by atoms with Crippen LogP contribution in [0.3, 0.4) is 0 Å². The Morgan fingerprint density at radius 1 is 1.35 bits per heavy atom. The van der Waals surface area contributed by atoms with E-state index in [0.29, 0.717) is 6.04 Å². The van der Waals surface area contributed by atoms with Crippen molar-refractivity contribution in [1.29, 1.82) is 0 Å². The molecule has 4 nitrogen and oxygen atoms in total. The lowest BCUT2D eigenvalue weighted by atomic mass is 10.2. The van der Waals surface area contributed by atoms with Gasteiger partial charge in [0.1, 0.15) is 5.82 Å². The first-order valence-electron chi connectivity index (χ1n) is 7.82. The van der Waals surface area contributed by atoms with Crippen molar-refractivity contribution in [1.82, 2.24) is 15.2 Å². The Morgan fingerprint density at radius 3 is 2.95 bits per heavy atom. The zero-order chi connectivity index (χ0) is 13.9. The molecule has 2 aliphatic rings. The summed E-state index contributed by atoms with van der Waals surface area (Å²) in [4.78, 5) is 9.49. The fourth-order valence-electron chi connectivity index (χ4n) is 3.09. The largest absolute Gasteiger partial charge is 0.352 e. The Kier molecular flexibility index (Phi) is 4.22. The van der Waals surface area contributed by atoms with Crippen LogP contribution < -0.4 is 10.2 Å². The topological polar surface area (TPSA) is 31.4 Å². The average Bonchev–Trinajstić information content (AvgIpc) is 3.16. The maximum atomic E-state index is 4.68. The van der Waals surface area contributed by atoms with Crippen LogP contribution in [0, 0.1) is 0 Å². The van der Waals surface area contributed by atoms with Gasteiger partial charge in [-0.1, -0.05) is 6.07 Å². The van der Waals surface area contributed by atoms with E-state index in [0.717, 1.165) is 25.7 Å². The van der Waals surface area contributed by atoms with Gasteiger partial charge in [0, 0.05) is 43.5 Å². The van der Waals surface area contributed by atoms with Crippen molar-refractivity contribution in [3.8, 4) is 0 Å². The van der Waals surface area contributed by atoms with Crippen LogP contribution in [0.2, 0.25) is 0 Å². The molecule has 0 spiro atoms. The molecule has 1 atom stereocenters. The lowest BCUT2D eigenvalue weighted by Gasteiger charge is -2.29. The van der Waals surface area contributed by atoms with Crippen LogP contribution in [-0.2, 0) is 6.54 Å². The van der Waals surface area contributed by atoms with Gasteiger partial charge in [0.25, 0.3) is 0 Å². The maximum Gasteiger partial charge on any atom is 0.133 e. The number of anilines is 1. The lowest BCUT2D eigenvalue weighted by Crippen LogP contribution is -2.38. The summed E-state index contributed by atoms with van der Waals surface area (Å²) in [6, 6.07) is 5.64. The van der Waals surface area contributed by atoms with E-state index in [1.165, 1.54) is 37.1 Å². The molecule has 3 rings (SSSR count). The molecular formula is C16H26N4. The SMILES string of the molecule is CN(C)CC1CCCN1c1ncccc1CNC1CC1. The van der Waals surface area contributed by atoms with E-state index >= 15 is 0 Å². The summed E-state index contributed by atoms with van der Waals surface area (Å²) in [6.07, 6.45) is 7.17. The molecule has 1 aliphatic carbocycles. The fraction of sp³-hybridized carbons (Fsp3) is 0.688. The summed E-state index contributed by atoms with van der Waals surface area (Å²) in [7, 11) is 4.31. The van der Waals surface area contributed by atoms with E-state index in [2.05, 4.69) is 46.3 Å². The van der Waals surface area contributed by atoms with E-state index in [4.69, 9.17) is 0 Å². The average molecular weight is 274 g/mol. The number of likely N-dealkylation sites (N-methyl/N-ethyl adjacent to an activating group) is 1. The second kappa shape index (κ2) is 6.10. The first-order chi connectivity index (χ1) is 9.74. The minimum atomic E-state index is 0.611. The van der Waals surface area contributed by atoms with Crippen LogP contribution in [0.15, 0.2) is 18.3 Å². The zero-order valence-electron chi connectivity index (χ0n) is 12.7. The molecule has 2 heterocycles. The maximum absolute atomic E-state index is 4.68. The Hall–Kier alpha value is -1.13. The van der Waals surface area contributed by atoms with Gasteiger partial charge in [-0.2, -0.15) is 0 Å². The summed E-state index contributed by atoms with van der Waals surface area (Å²) >= 11 is 0. The third kappa shape index (κ3) is 3.30. The predicted octanol–water partition coefficient (Wildman–Crippen LogP) is 1.86. The van der Waals surface area contributed by atoms with Crippen LogP contribution in [-0.4, -0.2) is 49.2 Å². The van der Waals surface area contributed by atoms with Crippen LogP contribution in [0.1, 0.15) is 31.2 Å². The third-order valence-electron chi connectivity index (χ3n) is 4.25. The molecule has 1 unspecified atom stereocenters. The van der Waals surface area contributed by atoms with E-state index in [1.54, 1.807) is 0 Å². The monoisotopic (exact) mass is 274 g/mol. The first-order valence-corrected chi connectivity index (χ1v) is 7.82. The molecule has 0 amide bonds. The molecule has 0 bridgehead atoms. The van der Waals surface area contributed by atoms with Crippen molar-refractivity contribution in [3.05, 3.63) is 23.9 Å². The van der Waals surface area contributed by atoms with Crippen LogP contribution in [0.25, 0.3) is 0 Å². The standard InChI is InChI=1S/C16H26N4/c1-19(2)12-15-6-4-10-20(15)16-13(5-3-9-17-16)11-18-14-7-8-14/h3,5,9,14-15,18H,4,6-8,10-12H2,1-2H3. The van der Waals surface area contributed by atoms with Gasteiger partial charge in [0.15, 0.2) is 0 Å². The Labute approximate surface area is 122 Å². The van der Waals surface area contributed by atoms with E-state index in [-0.39, 0.29) is 0 Å². The number of nitrogens with one attached hydrogen (secondary N) is 1. The van der Waals surface area contributed by atoms with Crippen molar-refractivity contribution >= 4 is 5.82 Å². The van der Waals surface area contributed by atoms with E-state index in [9.17, 15) is 0 Å². The van der Waals surface area contributed by atoms with Crippen LogP contribution in [0.4, 0.5) is 5.82 Å². The van der Waals surface area contributed by atoms with Crippen LogP contribution >= 0.6 is 0 Å². The number of hydrogen-bond donors (Lipinski definition) is 1. The molecule has 4 heteroatoms. The smallest absolute Gasteiger partial charge is 0.133 e. The molecule has 1 aromatic heterocycles. The van der Waals surface area contributed by atoms with Gasteiger partial charge in [-0.3, -0.25) is 0 Å². The minimum Gasteiger partial charge on any atom is -0.352 e. The fourth-order valence-corrected chi connectivity index (χ4v) is 3.09. The van der Waals surface area contributed by atoms with E-state index in [1.807, 2.05) is 6.20 Å². The molecule has 0 radical (unpaired) electrons. The predicted molar refractivity (Wildman–Crippen MR) is 83.0 cm³/mol. The molecular weight excluding hydrogens is 248 g/mol. The molecule has 1 N–H and O–H groups in total. The van der Waals surface area contributed by atoms with Gasteiger partial charge in [0.05, 0.1) is 0 Å². The Morgan fingerprint density at radius 2 is 2.20 bits per heavy atom. The number of rotatable bonds is 6. The van der Waals surface area contributed by atoms with Gasteiger partial charge in [-0.05, 0) is 45.8 Å². The van der Waals surface area contributed by atoms with Gasteiger partial charge in [-0.25, -0.2) is 4.98 Å². The highest BCUT2D eigenvalue weighted by molar-refractivity contribution is 5.48. The molecule has 110 valence electrons. The summed E-state index contributed by atoms with van der Waals surface area (Å²) < 4.78 is 0. The highest BCUT2D eigenvalue weighted by Gasteiger charge is 2.28. The van der Waals surface area contributed by atoms with Crippen molar-refractivity contribution in [2.45, 2.75) is 44.3 Å². The minimum absolute atomic E-state index is 0.611. The molecule has 20 heavy (non-hydrogen) atoms. The zero-order valence-corrected chi connectivity index (χ0v) is 12.7. The quantitative estimate of drug-likeness (QED) is 0.858. The van der Waals surface area contributed by atoms with Gasteiger partial charge >= 0.3 is 0 Å². The normalized spacial score (nSPS) is 22.8. The van der Waals surface area contributed by atoms with E-state index < -0.39 is 0 Å². The summed E-state index contributed by atoms with van der Waals surface area (Å²) in [5.74, 6) is 1.20. The van der Waals surface area contributed by atoms with Crippen molar-refractivity contribution in [3.63, 3.8) is 0 Å². The highest BCUT2D eigenvalue weighted by atomic mass is 15.3. The summed E-state index contributed by atoms with van der Waals surface area (Å²) in [5, 5.41) is 3.62. The van der Waals surface area contributed by atoms with Gasteiger partial charge < -0.3 is 15.1 Å². The molecule has 1 saturated heterocycles. The summed E-state index contributed by atoms with van der Waals surface area (Å²) in [5.41, 5.74) is 1.35. The Bertz CT molecular complexity index is 442. The van der Waals surface area contributed by atoms with Gasteiger partial charge in [0.2, 0.25) is 0 Å². The molecule has 2 fully saturated rings.